The molecule has 12 nitrogen and oxygen atoms in total. The summed E-state index contributed by atoms with van der Waals surface area (Å²) in [6.45, 7) is 3.32. The summed E-state index contributed by atoms with van der Waals surface area (Å²) in [7, 11) is 0. The zero-order valence-corrected chi connectivity index (χ0v) is 29.3. The van der Waals surface area contributed by atoms with Crippen LogP contribution in [0.3, 0.4) is 0 Å². The van der Waals surface area contributed by atoms with E-state index in [1.54, 1.807) is 98.8 Å². The van der Waals surface area contributed by atoms with Crippen LogP contribution in [0.25, 0.3) is 6.08 Å². The lowest BCUT2D eigenvalue weighted by Crippen LogP contribution is -2.30. The Balaban J connectivity index is 1.30. The molecule has 260 valence electrons. The maximum absolute atomic E-state index is 13.6. The van der Waals surface area contributed by atoms with Gasteiger partial charge in [0.25, 0.3) is 23.4 Å². The van der Waals surface area contributed by atoms with E-state index < -0.39 is 33.8 Å². The van der Waals surface area contributed by atoms with Crippen molar-refractivity contribution in [2.45, 2.75) is 24.0 Å². The van der Waals surface area contributed by atoms with Gasteiger partial charge in [0, 0.05) is 27.9 Å². The molecular formula is C38H30N6O6S2. The van der Waals surface area contributed by atoms with E-state index in [1.807, 2.05) is 6.07 Å². The van der Waals surface area contributed by atoms with Crippen molar-refractivity contribution < 1.29 is 24.1 Å². The predicted octanol–water partition coefficient (Wildman–Crippen LogP) is 7.62. The Morgan fingerprint density at radius 2 is 1.50 bits per heavy atom. The van der Waals surface area contributed by atoms with Gasteiger partial charge in [0.15, 0.2) is 0 Å². The molecule has 0 aliphatic carbocycles. The summed E-state index contributed by atoms with van der Waals surface area (Å²) in [4.78, 5) is 64.8. The van der Waals surface area contributed by atoms with Crippen molar-refractivity contribution in [2.75, 3.05) is 16.0 Å². The molecule has 0 saturated heterocycles. The Morgan fingerprint density at radius 1 is 0.846 bits per heavy atom. The van der Waals surface area contributed by atoms with E-state index in [9.17, 15) is 34.6 Å². The summed E-state index contributed by atoms with van der Waals surface area (Å²) in [6.07, 6.45) is 1.23. The van der Waals surface area contributed by atoms with E-state index in [4.69, 9.17) is 0 Å². The molecule has 0 aliphatic heterocycles. The van der Waals surface area contributed by atoms with Gasteiger partial charge in [-0.15, -0.1) is 23.1 Å². The molecule has 1 aromatic heterocycles. The van der Waals surface area contributed by atoms with Gasteiger partial charge in [-0.05, 0) is 74.0 Å². The highest BCUT2D eigenvalue weighted by atomic mass is 32.2. The standard InChI is InChI=1S/C38H30N6O6S2/c1-23-30(22-39)38(52-33(23)37(48)40-27-15-7-4-8-16-27)43-34(45)24(2)51-29-18-11-17-28(21-29)41-36(47)31(42-35(46)25-12-5-3-6-13-25)20-26-14-9-10-19-32(26)44(49)50/h3-21,24H,1-2H3,(H,40,48)(H,41,47)(H,42,46)(H,43,45)/b31-20+. The number of benzene rings is 4. The molecule has 0 radical (unpaired) electrons. The highest BCUT2D eigenvalue weighted by Gasteiger charge is 2.24. The van der Waals surface area contributed by atoms with Gasteiger partial charge < -0.3 is 21.3 Å². The molecule has 4 N–H and O–H groups in total. The number of nitro benzene ring substituents is 1. The normalized spacial score (nSPS) is 11.4. The maximum Gasteiger partial charge on any atom is 0.276 e. The number of nitro groups is 1. The highest BCUT2D eigenvalue weighted by Crippen LogP contribution is 2.34. The molecule has 1 unspecified atom stereocenters. The van der Waals surface area contributed by atoms with Gasteiger partial charge in [0.2, 0.25) is 5.91 Å². The number of nitrogens with zero attached hydrogens (tertiary/aromatic N) is 2. The van der Waals surface area contributed by atoms with Crippen LogP contribution >= 0.6 is 23.1 Å². The molecular weight excluding hydrogens is 701 g/mol. The molecule has 52 heavy (non-hydrogen) atoms. The van der Waals surface area contributed by atoms with E-state index in [-0.39, 0.29) is 33.1 Å². The first-order chi connectivity index (χ1) is 25.0. The summed E-state index contributed by atoms with van der Waals surface area (Å²) in [5.41, 5.74) is 1.49. The third kappa shape index (κ3) is 9.16. The number of nitriles is 1. The Kier molecular flexibility index (Phi) is 11.9. The van der Waals surface area contributed by atoms with Crippen LogP contribution < -0.4 is 21.3 Å². The first-order valence-electron chi connectivity index (χ1n) is 15.6. The fourth-order valence-corrected chi connectivity index (χ4v) is 6.83. The second-order valence-electron chi connectivity index (χ2n) is 11.1. The zero-order valence-electron chi connectivity index (χ0n) is 27.7. The number of rotatable bonds is 12. The average molecular weight is 731 g/mol. The van der Waals surface area contributed by atoms with Crippen molar-refractivity contribution in [1.82, 2.24) is 5.32 Å². The molecule has 0 saturated carbocycles. The van der Waals surface area contributed by atoms with Crippen LogP contribution in [0.1, 0.15) is 43.6 Å². The van der Waals surface area contributed by atoms with Gasteiger partial charge in [0.1, 0.15) is 16.8 Å². The first kappa shape index (κ1) is 36.7. The third-order valence-electron chi connectivity index (χ3n) is 7.47. The maximum atomic E-state index is 13.6. The number of thioether (sulfide) groups is 1. The minimum atomic E-state index is -0.737. The number of thiophene rings is 1. The lowest BCUT2D eigenvalue weighted by atomic mass is 10.1. The molecule has 0 aliphatic rings. The minimum absolute atomic E-state index is 0.111. The van der Waals surface area contributed by atoms with Crippen LogP contribution in [0.15, 0.2) is 120 Å². The number of amides is 4. The van der Waals surface area contributed by atoms with Crippen LogP contribution in [0.4, 0.5) is 22.1 Å². The molecule has 4 amide bonds. The predicted molar refractivity (Wildman–Crippen MR) is 202 cm³/mol. The second-order valence-corrected chi connectivity index (χ2v) is 13.6. The number of carbonyl (C=O) groups excluding carboxylic acids is 4. The first-order valence-corrected chi connectivity index (χ1v) is 17.3. The van der Waals surface area contributed by atoms with Crippen LogP contribution in [0, 0.1) is 28.4 Å². The van der Waals surface area contributed by atoms with Gasteiger partial charge in [-0.2, -0.15) is 5.26 Å². The van der Waals surface area contributed by atoms with E-state index in [0.29, 0.717) is 26.7 Å². The Bertz CT molecular complexity index is 2230. The Hall–Kier alpha value is -6.56. The fourth-order valence-electron chi connectivity index (χ4n) is 4.85. The number of hydrogen-bond acceptors (Lipinski definition) is 9. The molecule has 1 atom stereocenters. The number of carbonyl (C=O) groups is 4. The topological polar surface area (TPSA) is 183 Å². The molecule has 0 fully saturated rings. The van der Waals surface area contributed by atoms with Gasteiger partial charge in [-0.1, -0.05) is 54.6 Å². The number of para-hydroxylation sites is 2. The summed E-state index contributed by atoms with van der Waals surface area (Å²) in [6, 6.07) is 31.6. The van der Waals surface area contributed by atoms with E-state index >= 15 is 0 Å². The molecule has 0 spiro atoms. The smallest absolute Gasteiger partial charge is 0.276 e. The Morgan fingerprint density at radius 3 is 2.19 bits per heavy atom. The van der Waals surface area contributed by atoms with E-state index in [1.165, 1.54) is 36.0 Å². The van der Waals surface area contributed by atoms with Crippen molar-refractivity contribution in [3.8, 4) is 6.07 Å². The van der Waals surface area contributed by atoms with E-state index in [2.05, 4.69) is 27.3 Å². The van der Waals surface area contributed by atoms with Crippen molar-refractivity contribution >= 4 is 74.9 Å². The number of anilines is 3. The molecule has 5 rings (SSSR count). The lowest BCUT2D eigenvalue weighted by Gasteiger charge is -2.14. The monoisotopic (exact) mass is 730 g/mol. The zero-order chi connectivity index (χ0) is 37.2. The van der Waals surface area contributed by atoms with Gasteiger partial charge in [0.05, 0.1) is 26.2 Å². The van der Waals surface area contributed by atoms with Crippen molar-refractivity contribution in [2.24, 2.45) is 0 Å². The van der Waals surface area contributed by atoms with Crippen LogP contribution in [0.2, 0.25) is 0 Å². The molecule has 0 bridgehead atoms. The van der Waals surface area contributed by atoms with Crippen molar-refractivity contribution in [3.05, 3.63) is 152 Å². The van der Waals surface area contributed by atoms with Crippen molar-refractivity contribution in [3.63, 3.8) is 0 Å². The Labute approximate surface area is 306 Å². The lowest BCUT2D eigenvalue weighted by molar-refractivity contribution is -0.385. The van der Waals surface area contributed by atoms with E-state index in [0.717, 1.165) is 11.3 Å². The van der Waals surface area contributed by atoms with Crippen LogP contribution in [-0.4, -0.2) is 33.8 Å². The summed E-state index contributed by atoms with van der Waals surface area (Å²) < 4.78 is 0. The minimum Gasteiger partial charge on any atom is -0.321 e. The van der Waals surface area contributed by atoms with Gasteiger partial charge >= 0.3 is 0 Å². The number of nitrogens with one attached hydrogen (secondary N) is 4. The van der Waals surface area contributed by atoms with Crippen molar-refractivity contribution in [1.29, 1.82) is 5.26 Å². The summed E-state index contributed by atoms with van der Waals surface area (Å²) in [5.74, 6) is -2.13. The summed E-state index contributed by atoms with van der Waals surface area (Å²) >= 11 is 2.20. The van der Waals surface area contributed by atoms with Crippen LogP contribution in [-0.2, 0) is 9.59 Å². The van der Waals surface area contributed by atoms with Crippen LogP contribution in [0.5, 0.6) is 0 Å². The molecule has 1 heterocycles. The van der Waals surface area contributed by atoms with Gasteiger partial charge in [-0.25, -0.2) is 0 Å². The second kappa shape index (κ2) is 16.9. The summed E-state index contributed by atoms with van der Waals surface area (Å²) in [5, 5.41) is 31.9. The largest absolute Gasteiger partial charge is 0.321 e. The molecule has 5 aromatic rings. The quantitative estimate of drug-likeness (QED) is 0.0437. The molecule has 14 heteroatoms. The highest BCUT2D eigenvalue weighted by molar-refractivity contribution is 8.00. The average Bonchev–Trinajstić information content (AvgIpc) is 3.46. The number of hydrogen-bond donors (Lipinski definition) is 4. The third-order valence-corrected chi connectivity index (χ3v) is 9.77. The molecule has 4 aromatic carbocycles. The fraction of sp³-hybridized carbons (Fsp3) is 0.0789. The van der Waals surface area contributed by atoms with Gasteiger partial charge in [-0.3, -0.25) is 29.3 Å². The SMILES string of the molecule is Cc1c(C(=O)Nc2ccccc2)sc(NC(=O)C(C)Sc2cccc(NC(=O)/C(=C\c3ccccc3[N+](=O)[O-])NC(=O)c3ccccc3)c2)c1C#N.